The van der Waals surface area contributed by atoms with Crippen molar-refractivity contribution in [2.24, 2.45) is 11.8 Å². The summed E-state index contributed by atoms with van der Waals surface area (Å²) in [5.41, 5.74) is 1.42. The van der Waals surface area contributed by atoms with Gasteiger partial charge in [0.2, 0.25) is 0 Å². The van der Waals surface area contributed by atoms with E-state index in [1.807, 2.05) is 13.0 Å². The summed E-state index contributed by atoms with van der Waals surface area (Å²) >= 11 is 0. The molecule has 2 N–H and O–H groups in total. The van der Waals surface area contributed by atoms with Crippen LogP contribution in [0.4, 0.5) is 5.69 Å². The Balaban J connectivity index is 1.91. The maximum Gasteiger partial charge on any atom is 0.269 e. The first-order chi connectivity index (χ1) is 8.20. The van der Waals surface area contributed by atoms with Gasteiger partial charge < -0.3 is 10.6 Å². The Kier molecular flexibility index (Phi) is 3.61. The third-order valence-electron chi connectivity index (χ3n) is 3.17. The van der Waals surface area contributed by atoms with Crippen LogP contribution in [0.25, 0.3) is 0 Å². The number of nitrogens with one attached hydrogen (secondary N) is 2. The molecule has 0 aromatic carbocycles. The first kappa shape index (κ1) is 11.9. The SMILES string of the molecule is CCNc1ccnc(C(=O)NCC2CC2C)c1. The molecule has 92 valence electrons. The van der Waals surface area contributed by atoms with Gasteiger partial charge in [-0.2, -0.15) is 0 Å². The molecular formula is C13H19N3O. The highest BCUT2D eigenvalue weighted by molar-refractivity contribution is 5.93. The molecule has 2 unspecified atom stereocenters. The second-order valence-corrected chi connectivity index (χ2v) is 4.64. The zero-order chi connectivity index (χ0) is 12.3. The molecule has 0 aliphatic heterocycles. The Hall–Kier alpha value is -1.58. The van der Waals surface area contributed by atoms with E-state index in [1.54, 1.807) is 12.3 Å². The number of pyridine rings is 1. The lowest BCUT2D eigenvalue weighted by molar-refractivity contribution is 0.0946. The molecule has 1 amide bonds. The number of nitrogens with zero attached hydrogens (tertiary/aromatic N) is 1. The lowest BCUT2D eigenvalue weighted by Crippen LogP contribution is -2.26. The predicted molar refractivity (Wildman–Crippen MR) is 68.0 cm³/mol. The van der Waals surface area contributed by atoms with Crippen molar-refractivity contribution in [3.8, 4) is 0 Å². The highest BCUT2D eigenvalue weighted by Gasteiger charge is 2.32. The Bertz CT molecular complexity index is 405. The van der Waals surface area contributed by atoms with Gasteiger partial charge in [0.1, 0.15) is 5.69 Å². The maximum atomic E-state index is 11.8. The van der Waals surface area contributed by atoms with Crippen LogP contribution in [-0.2, 0) is 0 Å². The van der Waals surface area contributed by atoms with Crippen molar-refractivity contribution in [1.29, 1.82) is 0 Å². The van der Waals surface area contributed by atoms with Crippen LogP contribution in [0, 0.1) is 11.8 Å². The van der Waals surface area contributed by atoms with Crippen LogP contribution >= 0.6 is 0 Å². The fraction of sp³-hybridized carbons (Fsp3) is 0.538. The Morgan fingerprint density at radius 2 is 2.35 bits per heavy atom. The summed E-state index contributed by atoms with van der Waals surface area (Å²) < 4.78 is 0. The van der Waals surface area contributed by atoms with Crippen LogP contribution in [0.5, 0.6) is 0 Å². The van der Waals surface area contributed by atoms with Gasteiger partial charge in [0, 0.05) is 25.0 Å². The van der Waals surface area contributed by atoms with Gasteiger partial charge in [-0.05, 0) is 37.3 Å². The fourth-order valence-electron chi connectivity index (χ4n) is 1.87. The molecule has 1 aromatic rings. The van der Waals surface area contributed by atoms with Gasteiger partial charge in [0.25, 0.3) is 5.91 Å². The van der Waals surface area contributed by atoms with E-state index >= 15 is 0 Å². The molecule has 0 radical (unpaired) electrons. The standard InChI is InChI=1S/C13H19N3O/c1-3-14-11-4-5-15-12(7-11)13(17)16-8-10-6-9(10)2/h4-5,7,9-10H,3,6,8H2,1-2H3,(H,14,15)(H,16,17). The van der Waals surface area contributed by atoms with E-state index in [0.717, 1.165) is 24.7 Å². The van der Waals surface area contributed by atoms with Crippen LogP contribution < -0.4 is 10.6 Å². The number of amides is 1. The van der Waals surface area contributed by atoms with E-state index in [9.17, 15) is 4.79 Å². The largest absolute Gasteiger partial charge is 0.385 e. The van der Waals surface area contributed by atoms with Crippen molar-refractivity contribution in [3.63, 3.8) is 0 Å². The number of carbonyl (C=O) groups is 1. The van der Waals surface area contributed by atoms with Crippen molar-refractivity contribution >= 4 is 11.6 Å². The molecule has 0 spiro atoms. The minimum Gasteiger partial charge on any atom is -0.385 e. The molecule has 4 nitrogen and oxygen atoms in total. The Morgan fingerprint density at radius 3 is 3.00 bits per heavy atom. The highest BCUT2D eigenvalue weighted by Crippen LogP contribution is 2.36. The van der Waals surface area contributed by atoms with Crippen LogP contribution in [-0.4, -0.2) is 24.0 Å². The molecule has 1 saturated carbocycles. The first-order valence-electron chi connectivity index (χ1n) is 6.18. The maximum absolute atomic E-state index is 11.8. The van der Waals surface area contributed by atoms with Crippen molar-refractivity contribution < 1.29 is 4.79 Å². The van der Waals surface area contributed by atoms with Crippen LogP contribution in [0.1, 0.15) is 30.8 Å². The number of hydrogen-bond donors (Lipinski definition) is 2. The van der Waals surface area contributed by atoms with Gasteiger partial charge in [-0.3, -0.25) is 9.78 Å². The lowest BCUT2D eigenvalue weighted by atomic mass is 10.3. The quantitative estimate of drug-likeness (QED) is 0.816. The van der Waals surface area contributed by atoms with Crippen LogP contribution in [0.2, 0.25) is 0 Å². The van der Waals surface area contributed by atoms with Crippen molar-refractivity contribution in [2.45, 2.75) is 20.3 Å². The Morgan fingerprint density at radius 1 is 1.59 bits per heavy atom. The molecular weight excluding hydrogens is 214 g/mol. The number of carbonyl (C=O) groups excluding carboxylic acids is 1. The molecule has 1 aliphatic rings. The smallest absolute Gasteiger partial charge is 0.269 e. The van der Waals surface area contributed by atoms with E-state index in [1.165, 1.54) is 6.42 Å². The average molecular weight is 233 g/mol. The molecule has 1 aliphatic carbocycles. The molecule has 0 bridgehead atoms. The summed E-state index contributed by atoms with van der Waals surface area (Å²) in [4.78, 5) is 15.9. The summed E-state index contributed by atoms with van der Waals surface area (Å²) in [5.74, 6) is 1.34. The summed E-state index contributed by atoms with van der Waals surface area (Å²) in [7, 11) is 0. The molecule has 1 heterocycles. The Labute approximate surface area is 102 Å². The molecule has 1 fully saturated rings. The fourth-order valence-corrected chi connectivity index (χ4v) is 1.87. The summed E-state index contributed by atoms with van der Waals surface area (Å²) in [6.07, 6.45) is 2.89. The van der Waals surface area contributed by atoms with E-state index in [-0.39, 0.29) is 5.91 Å². The van der Waals surface area contributed by atoms with E-state index in [2.05, 4.69) is 22.5 Å². The summed E-state index contributed by atoms with van der Waals surface area (Å²) in [5, 5.41) is 6.10. The highest BCUT2D eigenvalue weighted by atomic mass is 16.1. The van der Waals surface area contributed by atoms with Gasteiger partial charge in [0.05, 0.1) is 0 Å². The second kappa shape index (κ2) is 5.17. The zero-order valence-corrected chi connectivity index (χ0v) is 10.4. The van der Waals surface area contributed by atoms with Crippen molar-refractivity contribution in [2.75, 3.05) is 18.4 Å². The minimum absolute atomic E-state index is 0.0798. The zero-order valence-electron chi connectivity index (χ0n) is 10.4. The van der Waals surface area contributed by atoms with Gasteiger partial charge in [-0.25, -0.2) is 0 Å². The van der Waals surface area contributed by atoms with Crippen molar-refractivity contribution in [3.05, 3.63) is 24.0 Å². The van der Waals surface area contributed by atoms with Gasteiger partial charge in [-0.1, -0.05) is 6.92 Å². The minimum atomic E-state index is -0.0798. The number of anilines is 1. The normalized spacial score (nSPS) is 22.0. The molecule has 4 heteroatoms. The van der Waals surface area contributed by atoms with Gasteiger partial charge in [0.15, 0.2) is 0 Å². The van der Waals surface area contributed by atoms with Crippen LogP contribution in [0.15, 0.2) is 18.3 Å². The van der Waals surface area contributed by atoms with Crippen LogP contribution in [0.3, 0.4) is 0 Å². The van der Waals surface area contributed by atoms with E-state index in [4.69, 9.17) is 0 Å². The number of rotatable bonds is 5. The average Bonchev–Trinajstić information content (AvgIpc) is 3.03. The number of aromatic nitrogens is 1. The van der Waals surface area contributed by atoms with E-state index in [0.29, 0.717) is 11.6 Å². The monoisotopic (exact) mass is 233 g/mol. The van der Waals surface area contributed by atoms with Gasteiger partial charge in [-0.15, -0.1) is 0 Å². The third kappa shape index (κ3) is 3.19. The first-order valence-corrected chi connectivity index (χ1v) is 6.18. The molecule has 2 rings (SSSR count). The summed E-state index contributed by atoms with van der Waals surface area (Å²) in [6, 6.07) is 3.65. The molecule has 17 heavy (non-hydrogen) atoms. The second-order valence-electron chi connectivity index (χ2n) is 4.64. The topological polar surface area (TPSA) is 54.0 Å². The van der Waals surface area contributed by atoms with Crippen molar-refractivity contribution in [1.82, 2.24) is 10.3 Å². The summed E-state index contributed by atoms with van der Waals surface area (Å²) in [6.45, 7) is 5.84. The molecule has 1 aromatic heterocycles. The van der Waals surface area contributed by atoms with Gasteiger partial charge >= 0.3 is 0 Å². The van der Waals surface area contributed by atoms with E-state index < -0.39 is 0 Å². The predicted octanol–water partition coefficient (Wildman–Crippen LogP) is 1.90. The third-order valence-corrected chi connectivity index (χ3v) is 3.17. The molecule has 0 saturated heterocycles. The lowest BCUT2D eigenvalue weighted by Gasteiger charge is -2.06. The number of hydrogen-bond acceptors (Lipinski definition) is 3. The molecule has 2 atom stereocenters.